The molecular formula is C27H27Cl2N5O3. The third kappa shape index (κ3) is 4.42. The zero-order chi connectivity index (χ0) is 25.5. The van der Waals surface area contributed by atoms with Gasteiger partial charge in [0.2, 0.25) is 0 Å². The van der Waals surface area contributed by atoms with Gasteiger partial charge in [-0.1, -0.05) is 47.5 Å². The number of hydrogen-bond donors (Lipinski definition) is 1. The number of ether oxygens (including phenoxy) is 2. The van der Waals surface area contributed by atoms with E-state index in [0.717, 1.165) is 54.9 Å². The second-order valence-electron chi connectivity index (χ2n) is 9.30. The van der Waals surface area contributed by atoms with Crippen LogP contribution in [0.15, 0.2) is 42.9 Å². The molecule has 6 rings (SSSR count). The van der Waals surface area contributed by atoms with E-state index < -0.39 is 12.0 Å². The maximum absolute atomic E-state index is 13.1. The van der Waals surface area contributed by atoms with Crippen LogP contribution < -0.4 is 5.32 Å². The Bertz CT molecular complexity index is 1460. The summed E-state index contributed by atoms with van der Waals surface area (Å²) in [6, 6.07) is 9.17. The highest BCUT2D eigenvalue weighted by molar-refractivity contribution is 6.42. The second kappa shape index (κ2) is 10.1. The molecular weight excluding hydrogens is 513 g/mol. The molecule has 2 atom stereocenters. The molecule has 2 unspecified atom stereocenters. The van der Waals surface area contributed by atoms with Crippen molar-refractivity contribution in [3.05, 3.63) is 69.9 Å². The first-order valence-corrected chi connectivity index (χ1v) is 13.3. The largest absolute Gasteiger partial charge is 0.464 e. The van der Waals surface area contributed by atoms with E-state index in [1.165, 1.54) is 0 Å². The summed E-state index contributed by atoms with van der Waals surface area (Å²) in [6.07, 6.45) is 5.44. The number of carbonyl (C=O) groups is 1. The highest BCUT2D eigenvalue weighted by atomic mass is 35.5. The summed E-state index contributed by atoms with van der Waals surface area (Å²) in [7, 11) is 0. The zero-order valence-corrected chi connectivity index (χ0v) is 21.9. The van der Waals surface area contributed by atoms with Crippen molar-refractivity contribution in [2.24, 2.45) is 0 Å². The van der Waals surface area contributed by atoms with E-state index in [0.29, 0.717) is 33.2 Å². The summed E-state index contributed by atoms with van der Waals surface area (Å²) in [6.45, 7) is 5.29. The Kier molecular flexibility index (Phi) is 6.67. The number of fused-ring (bicyclic) bond motifs is 2. The van der Waals surface area contributed by atoms with E-state index in [9.17, 15) is 4.79 Å². The average Bonchev–Trinajstić information content (AvgIpc) is 3.65. The summed E-state index contributed by atoms with van der Waals surface area (Å²) in [4.78, 5) is 17.7. The van der Waals surface area contributed by atoms with Crippen molar-refractivity contribution >= 4 is 40.1 Å². The van der Waals surface area contributed by atoms with Crippen LogP contribution in [0.1, 0.15) is 42.4 Å². The molecule has 0 aliphatic carbocycles. The quantitative estimate of drug-likeness (QED) is 0.348. The maximum Gasteiger partial charge on any atom is 0.337 e. The molecule has 0 saturated carbocycles. The topological polar surface area (TPSA) is 83.2 Å². The molecule has 0 spiro atoms. The van der Waals surface area contributed by atoms with Gasteiger partial charge < -0.3 is 19.4 Å². The minimum Gasteiger partial charge on any atom is -0.464 e. The number of imidazole rings is 1. The smallest absolute Gasteiger partial charge is 0.337 e. The fraction of sp³-hybridized carbons (Fsp3) is 0.370. The van der Waals surface area contributed by atoms with Gasteiger partial charge in [-0.25, -0.2) is 9.78 Å². The summed E-state index contributed by atoms with van der Waals surface area (Å²) < 4.78 is 15.0. The van der Waals surface area contributed by atoms with Crippen LogP contribution in [0.25, 0.3) is 22.0 Å². The number of benzene rings is 2. The number of morpholine rings is 1. The average molecular weight is 540 g/mol. The van der Waals surface area contributed by atoms with Crippen molar-refractivity contribution in [3.63, 3.8) is 0 Å². The number of nitrogens with zero attached hydrogens (tertiary/aromatic N) is 4. The normalized spacial score (nSPS) is 18.2. The predicted molar refractivity (Wildman–Crippen MR) is 142 cm³/mol. The number of rotatable bonds is 6. The first-order chi connectivity index (χ1) is 18.0. The number of nitrogens with one attached hydrogen (secondary N) is 1. The number of hydrogen-bond acceptors (Lipinski definition) is 6. The van der Waals surface area contributed by atoms with E-state index in [2.05, 4.69) is 27.0 Å². The van der Waals surface area contributed by atoms with Crippen molar-refractivity contribution in [1.82, 2.24) is 24.6 Å². The van der Waals surface area contributed by atoms with Gasteiger partial charge in [-0.15, -0.1) is 0 Å². The Balaban J connectivity index is 1.40. The summed E-state index contributed by atoms with van der Waals surface area (Å²) in [5.41, 5.74) is 5.02. The van der Waals surface area contributed by atoms with Crippen molar-refractivity contribution in [1.29, 1.82) is 0 Å². The fourth-order valence-electron chi connectivity index (χ4n) is 5.22. The van der Waals surface area contributed by atoms with Crippen LogP contribution in [0.3, 0.4) is 0 Å². The van der Waals surface area contributed by atoms with Crippen LogP contribution in [0.4, 0.5) is 0 Å². The van der Waals surface area contributed by atoms with Crippen LogP contribution in [-0.4, -0.2) is 51.6 Å². The fourth-order valence-corrected chi connectivity index (χ4v) is 5.77. The van der Waals surface area contributed by atoms with Crippen molar-refractivity contribution < 1.29 is 14.3 Å². The van der Waals surface area contributed by atoms with Gasteiger partial charge in [0.05, 0.1) is 41.4 Å². The van der Waals surface area contributed by atoms with E-state index >= 15 is 0 Å². The Labute approximate surface area is 224 Å². The Morgan fingerprint density at radius 3 is 2.89 bits per heavy atom. The van der Waals surface area contributed by atoms with Gasteiger partial charge in [-0.2, -0.15) is 5.10 Å². The highest BCUT2D eigenvalue weighted by Gasteiger charge is 2.33. The molecule has 0 radical (unpaired) electrons. The van der Waals surface area contributed by atoms with Gasteiger partial charge >= 0.3 is 5.97 Å². The minimum absolute atomic E-state index is 0.0317. The lowest BCUT2D eigenvalue weighted by atomic mass is 10.0. The molecule has 4 heterocycles. The second-order valence-corrected chi connectivity index (χ2v) is 10.1. The van der Waals surface area contributed by atoms with E-state index in [4.69, 9.17) is 37.8 Å². The molecule has 0 bridgehead atoms. The van der Waals surface area contributed by atoms with E-state index in [-0.39, 0.29) is 12.7 Å². The van der Waals surface area contributed by atoms with Gasteiger partial charge in [0.1, 0.15) is 5.52 Å². The Morgan fingerprint density at radius 2 is 2.14 bits per heavy atom. The number of aryl methyl sites for hydroxylation is 1. The molecule has 1 saturated heterocycles. The third-order valence-electron chi connectivity index (χ3n) is 7.05. The van der Waals surface area contributed by atoms with Gasteiger partial charge in [-0.3, -0.25) is 4.68 Å². The lowest BCUT2D eigenvalue weighted by Gasteiger charge is -2.24. The molecule has 1 N–H and O–H groups in total. The predicted octanol–water partition coefficient (Wildman–Crippen LogP) is 4.97. The molecule has 8 nitrogen and oxygen atoms in total. The Morgan fingerprint density at radius 1 is 1.30 bits per heavy atom. The van der Waals surface area contributed by atoms with Crippen LogP contribution in [0.5, 0.6) is 0 Å². The highest BCUT2D eigenvalue weighted by Crippen LogP contribution is 2.39. The maximum atomic E-state index is 13.1. The molecule has 1 fully saturated rings. The van der Waals surface area contributed by atoms with Gasteiger partial charge in [0.25, 0.3) is 0 Å². The van der Waals surface area contributed by atoms with Crippen molar-refractivity contribution in [2.75, 3.05) is 26.3 Å². The van der Waals surface area contributed by atoms with Crippen LogP contribution in [-0.2, 0) is 27.2 Å². The standard InChI is InChI=1S/C27H27Cl2N5O3/c1-2-36-27(35)26(25-21-4-3-10-33(21)15-31-25)34-14-19-20(28)12-18(23(29)24(19)32-34)16-5-7-17(8-6-16)22-13-30-9-11-37-22/h5-8,12,14-15,22,26,30H,2-4,9-11,13H2,1H3. The number of aromatic nitrogens is 4. The van der Waals surface area contributed by atoms with Crippen LogP contribution in [0, 0.1) is 0 Å². The van der Waals surface area contributed by atoms with Crippen LogP contribution in [0.2, 0.25) is 10.0 Å². The number of esters is 1. The lowest BCUT2D eigenvalue weighted by Crippen LogP contribution is -2.33. The minimum atomic E-state index is -0.819. The summed E-state index contributed by atoms with van der Waals surface area (Å²) in [5.74, 6) is -0.411. The molecule has 37 heavy (non-hydrogen) atoms. The molecule has 2 aromatic heterocycles. The van der Waals surface area contributed by atoms with Gasteiger partial charge in [-0.05, 0) is 37.0 Å². The number of carbonyl (C=O) groups excluding carboxylic acids is 1. The number of halogens is 2. The zero-order valence-electron chi connectivity index (χ0n) is 20.4. The summed E-state index contributed by atoms with van der Waals surface area (Å²) in [5, 5.41) is 9.75. The SMILES string of the molecule is CCOC(=O)C(c1ncn2c1CCC2)n1cc2c(Cl)cc(-c3ccc(C4CNCCO4)cc3)c(Cl)c2n1. The molecule has 0 amide bonds. The molecule has 2 aliphatic rings. The molecule has 4 aromatic rings. The first-order valence-electron chi connectivity index (χ1n) is 12.5. The summed E-state index contributed by atoms with van der Waals surface area (Å²) >= 11 is 13.6. The first kappa shape index (κ1) is 24.4. The lowest BCUT2D eigenvalue weighted by molar-refractivity contribution is -0.146. The molecule has 10 heteroatoms. The molecule has 2 aliphatic heterocycles. The Hall–Kier alpha value is -2.91. The molecule has 192 valence electrons. The van der Waals surface area contributed by atoms with E-state index in [1.54, 1.807) is 24.1 Å². The van der Waals surface area contributed by atoms with Crippen molar-refractivity contribution in [2.45, 2.75) is 38.5 Å². The van der Waals surface area contributed by atoms with Gasteiger partial charge in [0, 0.05) is 42.5 Å². The van der Waals surface area contributed by atoms with E-state index in [1.807, 2.05) is 18.2 Å². The molecule has 2 aromatic carbocycles. The van der Waals surface area contributed by atoms with Gasteiger partial charge in [0.15, 0.2) is 6.04 Å². The van der Waals surface area contributed by atoms with Crippen LogP contribution >= 0.6 is 23.2 Å². The van der Waals surface area contributed by atoms with Crippen molar-refractivity contribution in [3.8, 4) is 11.1 Å². The monoisotopic (exact) mass is 539 g/mol. The third-order valence-corrected chi connectivity index (χ3v) is 7.75.